The zero-order valence-electron chi connectivity index (χ0n) is 12.7. The first-order valence-electron chi connectivity index (χ1n) is 7.83. The highest BCUT2D eigenvalue weighted by Gasteiger charge is 2.25. The summed E-state index contributed by atoms with van der Waals surface area (Å²) in [5.74, 6) is 0. The van der Waals surface area contributed by atoms with Gasteiger partial charge in [0.15, 0.2) is 0 Å². The summed E-state index contributed by atoms with van der Waals surface area (Å²) < 4.78 is 0. The number of nitrogens with zero attached hydrogens (tertiary/aromatic N) is 2. The molecule has 0 spiro atoms. The molecule has 1 fully saturated rings. The summed E-state index contributed by atoms with van der Waals surface area (Å²) in [7, 11) is 2.23. The van der Waals surface area contributed by atoms with Crippen LogP contribution in [0.5, 0.6) is 0 Å². The molecule has 0 aromatic carbocycles. The van der Waals surface area contributed by atoms with Gasteiger partial charge in [0.2, 0.25) is 0 Å². The number of piperazine rings is 1. The minimum atomic E-state index is 0.614. The molecular weight excluding hydrogens is 222 g/mol. The van der Waals surface area contributed by atoms with E-state index < -0.39 is 0 Å². The molecule has 108 valence electrons. The van der Waals surface area contributed by atoms with E-state index in [1.165, 1.54) is 58.2 Å². The van der Waals surface area contributed by atoms with Crippen molar-refractivity contribution in [3.05, 3.63) is 0 Å². The molecule has 1 rings (SSSR count). The molecule has 0 bridgehead atoms. The lowest BCUT2D eigenvalue weighted by molar-refractivity contribution is 0.0703. The molecule has 0 amide bonds. The van der Waals surface area contributed by atoms with Crippen molar-refractivity contribution in [2.75, 3.05) is 33.2 Å². The van der Waals surface area contributed by atoms with Crippen LogP contribution in [-0.4, -0.2) is 55.1 Å². The van der Waals surface area contributed by atoms with Crippen LogP contribution in [0, 0.1) is 0 Å². The maximum absolute atomic E-state index is 5.97. The van der Waals surface area contributed by atoms with Crippen molar-refractivity contribution in [2.24, 2.45) is 5.73 Å². The summed E-state index contributed by atoms with van der Waals surface area (Å²) in [5.41, 5.74) is 5.97. The minimum Gasteiger partial charge on any atom is -0.329 e. The normalized spacial score (nSPS) is 24.3. The number of nitrogens with two attached hydrogens (primary N) is 1. The van der Waals surface area contributed by atoms with Crippen LogP contribution in [0.3, 0.4) is 0 Å². The Kier molecular flexibility index (Phi) is 7.87. The lowest BCUT2D eigenvalue weighted by Gasteiger charge is -2.41. The molecule has 0 aromatic heterocycles. The maximum atomic E-state index is 5.97. The maximum Gasteiger partial charge on any atom is 0.0219 e. The molecule has 1 saturated heterocycles. The van der Waals surface area contributed by atoms with Crippen molar-refractivity contribution >= 4 is 0 Å². The SMILES string of the molecule is CCCCCCCC(CN)N1CCN(C)C(C)C1. The second kappa shape index (κ2) is 8.89. The average molecular weight is 255 g/mol. The van der Waals surface area contributed by atoms with Gasteiger partial charge >= 0.3 is 0 Å². The first kappa shape index (κ1) is 15.9. The highest BCUT2D eigenvalue weighted by molar-refractivity contribution is 4.82. The van der Waals surface area contributed by atoms with Crippen LogP contribution in [0.25, 0.3) is 0 Å². The van der Waals surface area contributed by atoms with Crippen LogP contribution in [0.2, 0.25) is 0 Å². The predicted octanol–water partition coefficient (Wildman–Crippen LogP) is 2.31. The standard InChI is InChI=1S/C15H33N3/c1-4-5-6-7-8-9-15(12-16)18-11-10-17(3)14(2)13-18/h14-15H,4-13,16H2,1-3H3. The van der Waals surface area contributed by atoms with E-state index in [-0.39, 0.29) is 0 Å². The van der Waals surface area contributed by atoms with Crippen molar-refractivity contribution in [1.29, 1.82) is 0 Å². The molecule has 1 aliphatic heterocycles. The van der Waals surface area contributed by atoms with E-state index >= 15 is 0 Å². The van der Waals surface area contributed by atoms with Gasteiger partial charge in [-0.05, 0) is 20.4 Å². The third kappa shape index (κ3) is 5.25. The fourth-order valence-corrected chi connectivity index (χ4v) is 2.84. The van der Waals surface area contributed by atoms with Crippen LogP contribution in [-0.2, 0) is 0 Å². The molecule has 3 heteroatoms. The van der Waals surface area contributed by atoms with Gasteiger partial charge in [-0.1, -0.05) is 39.0 Å². The topological polar surface area (TPSA) is 32.5 Å². The number of hydrogen-bond donors (Lipinski definition) is 1. The van der Waals surface area contributed by atoms with E-state index in [1.54, 1.807) is 0 Å². The number of hydrogen-bond acceptors (Lipinski definition) is 3. The predicted molar refractivity (Wildman–Crippen MR) is 79.9 cm³/mol. The fraction of sp³-hybridized carbons (Fsp3) is 1.00. The highest BCUT2D eigenvalue weighted by atomic mass is 15.3. The molecule has 0 saturated carbocycles. The van der Waals surface area contributed by atoms with Crippen LogP contribution in [0.4, 0.5) is 0 Å². The smallest absolute Gasteiger partial charge is 0.0219 e. The van der Waals surface area contributed by atoms with E-state index in [2.05, 4.69) is 30.7 Å². The molecule has 2 unspecified atom stereocenters. The van der Waals surface area contributed by atoms with E-state index in [9.17, 15) is 0 Å². The number of rotatable bonds is 8. The average Bonchev–Trinajstić information content (AvgIpc) is 2.37. The van der Waals surface area contributed by atoms with Crippen molar-refractivity contribution in [2.45, 2.75) is 64.5 Å². The van der Waals surface area contributed by atoms with E-state index in [1.807, 2.05) is 0 Å². The van der Waals surface area contributed by atoms with Crippen molar-refractivity contribution in [1.82, 2.24) is 9.80 Å². The summed E-state index contributed by atoms with van der Waals surface area (Å²) in [6, 6.07) is 1.29. The Morgan fingerprint density at radius 3 is 2.50 bits per heavy atom. The zero-order valence-corrected chi connectivity index (χ0v) is 12.7. The quantitative estimate of drug-likeness (QED) is 0.676. The third-order valence-corrected chi connectivity index (χ3v) is 4.42. The summed E-state index contributed by atoms with van der Waals surface area (Å²) in [6.07, 6.45) is 8.13. The largest absolute Gasteiger partial charge is 0.329 e. The van der Waals surface area contributed by atoms with Gasteiger partial charge < -0.3 is 10.6 Å². The Bertz CT molecular complexity index is 208. The number of likely N-dealkylation sites (N-methyl/N-ethyl adjacent to an activating group) is 1. The summed E-state index contributed by atoms with van der Waals surface area (Å²) in [5, 5.41) is 0. The Labute approximate surface area is 114 Å². The van der Waals surface area contributed by atoms with E-state index in [4.69, 9.17) is 5.73 Å². The molecule has 0 aromatic rings. The van der Waals surface area contributed by atoms with Crippen molar-refractivity contribution in [3.63, 3.8) is 0 Å². The Morgan fingerprint density at radius 1 is 1.17 bits per heavy atom. The first-order chi connectivity index (χ1) is 8.69. The van der Waals surface area contributed by atoms with E-state index in [0.717, 1.165) is 6.54 Å². The first-order valence-corrected chi connectivity index (χ1v) is 7.83. The molecule has 0 aliphatic carbocycles. The van der Waals surface area contributed by atoms with E-state index in [0.29, 0.717) is 12.1 Å². The lowest BCUT2D eigenvalue weighted by atomic mass is 10.0. The minimum absolute atomic E-state index is 0.614. The molecular formula is C15H33N3. The lowest BCUT2D eigenvalue weighted by Crippen LogP contribution is -2.55. The van der Waals surface area contributed by atoms with Gasteiger partial charge in [0.1, 0.15) is 0 Å². The highest BCUT2D eigenvalue weighted by Crippen LogP contribution is 2.15. The Hall–Kier alpha value is -0.120. The molecule has 2 N–H and O–H groups in total. The Balaban J connectivity index is 2.23. The summed E-state index contributed by atoms with van der Waals surface area (Å²) in [4.78, 5) is 5.07. The molecule has 2 atom stereocenters. The molecule has 18 heavy (non-hydrogen) atoms. The molecule has 0 radical (unpaired) electrons. The second-order valence-corrected chi connectivity index (χ2v) is 5.92. The zero-order chi connectivity index (χ0) is 13.4. The van der Waals surface area contributed by atoms with Gasteiger partial charge in [-0.15, -0.1) is 0 Å². The van der Waals surface area contributed by atoms with Crippen LogP contribution in [0.1, 0.15) is 52.4 Å². The van der Waals surface area contributed by atoms with Crippen molar-refractivity contribution < 1.29 is 0 Å². The fourth-order valence-electron chi connectivity index (χ4n) is 2.84. The summed E-state index contributed by atoms with van der Waals surface area (Å²) >= 11 is 0. The van der Waals surface area contributed by atoms with Gasteiger partial charge in [0, 0.05) is 38.3 Å². The Morgan fingerprint density at radius 2 is 1.89 bits per heavy atom. The summed E-state index contributed by atoms with van der Waals surface area (Å²) in [6.45, 7) is 8.98. The van der Waals surface area contributed by atoms with Gasteiger partial charge in [-0.25, -0.2) is 0 Å². The van der Waals surface area contributed by atoms with Gasteiger partial charge in [-0.2, -0.15) is 0 Å². The monoisotopic (exact) mass is 255 g/mol. The molecule has 1 heterocycles. The van der Waals surface area contributed by atoms with Gasteiger partial charge in [-0.3, -0.25) is 4.90 Å². The number of unbranched alkanes of at least 4 members (excludes halogenated alkanes) is 4. The molecule has 3 nitrogen and oxygen atoms in total. The molecule has 1 aliphatic rings. The third-order valence-electron chi connectivity index (χ3n) is 4.42. The van der Waals surface area contributed by atoms with Crippen molar-refractivity contribution in [3.8, 4) is 0 Å². The van der Waals surface area contributed by atoms with Crippen LogP contribution >= 0.6 is 0 Å². The second-order valence-electron chi connectivity index (χ2n) is 5.92. The van der Waals surface area contributed by atoms with Crippen LogP contribution in [0.15, 0.2) is 0 Å². The van der Waals surface area contributed by atoms with Gasteiger partial charge in [0.25, 0.3) is 0 Å². The van der Waals surface area contributed by atoms with Crippen LogP contribution < -0.4 is 5.73 Å². The van der Waals surface area contributed by atoms with Gasteiger partial charge in [0.05, 0.1) is 0 Å².